The van der Waals surface area contributed by atoms with Crippen LogP contribution in [0.1, 0.15) is 49.2 Å². The first-order chi connectivity index (χ1) is 24.8. The van der Waals surface area contributed by atoms with Gasteiger partial charge in [-0.25, -0.2) is 14.4 Å². The fourth-order valence-corrected chi connectivity index (χ4v) is 6.14. The van der Waals surface area contributed by atoms with Crippen molar-refractivity contribution in [2.75, 3.05) is 20.3 Å². The molecule has 0 saturated heterocycles. The first-order valence-electron chi connectivity index (χ1n) is 16.0. The molecular weight excluding hydrogens is 670 g/mol. The van der Waals surface area contributed by atoms with Crippen LogP contribution in [0.2, 0.25) is 5.02 Å². The van der Waals surface area contributed by atoms with E-state index in [-0.39, 0.29) is 35.1 Å². The molecule has 10 heteroatoms. The molecule has 0 aliphatic heterocycles. The van der Waals surface area contributed by atoms with Crippen molar-refractivity contribution < 1.29 is 38.1 Å². The first kappa shape index (κ1) is 34.7. The van der Waals surface area contributed by atoms with Crippen LogP contribution in [0.3, 0.4) is 0 Å². The third kappa shape index (κ3) is 7.69. The van der Waals surface area contributed by atoms with Crippen LogP contribution in [-0.4, -0.2) is 44.1 Å². The van der Waals surface area contributed by atoms with Gasteiger partial charge in [-0.2, -0.15) is 0 Å². The number of methoxy groups -OCH3 is 1. The standard InChI is InChI=1S/C41H32ClNO8/c1-3-20-49-37(44)24-50-28-18-16-26(17-19-28)39(43-41(47)48-2)51-40(46)34-23-36(42)35(38(45)25-10-5-4-6-11-25)22-33(34)31-15-9-14-30-29-13-8-7-12-27(29)21-32(30)31/h3-19,22-23,39H,1,20-21,24H2,2H3,(H,43,47). The Bertz CT molecular complexity index is 2130. The average Bonchev–Trinajstić information content (AvgIpc) is 3.55. The van der Waals surface area contributed by atoms with E-state index in [2.05, 4.69) is 24.0 Å². The quantitative estimate of drug-likeness (QED) is 0.0447. The van der Waals surface area contributed by atoms with Crippen LogP contribution in [0.4, 0.5) is 4.79 Å². The zero-order valence-electron chi connectivity index (χ0n) is 27.5. The molecule has 256 valence electrons. The molecule has 5 aromatic carbocycles. The van der Waals surface area contributed by atoms with Crippen molar-refractivity contribution in [3.8, 4) is 28.0 Å². The first-order valence-corrected chi connectivity index (χ1v) is 16.3. The zero-order valence-corrected chi connectivity index (χ0v) is 28.3. The van der Waals surface area contributed by atoms with Gasteiger partial charge < -0.3 is 18.9 Å². The van der Waals surface area contributed by atoms with Crippen molar-refractivity contribution in [2.45, 2.75) is 12.6 Å². The van der Waals surface area contributed by atoms with Crippen molar-refractivity contribution >= 4 is 35.4 Å². The molecule has 0 bridgehead atoms. The van der Waals surface area contributed by atoms with Crippen LogP contribution < -0.4 is 10.1 Å². The molecular formula is C41H32ClNO8. The summed E-state index contributed by atoms with van der Waals surface area (Å²) in [6, 6.07) is 31.9. The zero-order chi connectivity index (χ0) is 35.9. The molecule has 1 aliphatic carbocycles. The van der Waals surface area contributed by atoms with Gasteiger partial charge >= 0.3 is 18.0 Å². The summed E-state index contributed by atoms with van der Waals surface area (Å²) in [6.45, 7) is 3.23. The molecule has 0 saturated carbocycles. The molecule has 5 aromatic rings. The summed E-state index contributed by atoms with van der Waals surface area (Å²) in [5.74, 6) is -1.36. The van der Waals surface area contributed by atoms with Crippen LogP contribution in [0.5, 0.6) is 5.75 Å². The number of ether oxygens (including phenoxy) is 4. The SMILES string of the molecule is C=CCOC(=O)COc1ccc(C(NC(=O)OC)OC(=O)c2cc(Cl)c(C(=O)c3ccccc3)cc2-c2cccc3c2Cc2ccccc2-3)cc1. The van der Waals surface area contributed by atoms with Gasteiger partial charge in [-0.15, -0.1) is 0 Å². The van der Waals surface area contributed by atoms with Crippen molar-refractivity contribution in [3.05, 3.63) is 160 Å². The van der Waals surface area contributed by atoms with E-state index in [1.807, 2.05) is 36.4 Å². The van der Waals surface area contributed by atoms with Gasteiger partial charge in [0.25, 0.3) is 0 Å². The molecule has 1 atom stereocenters. The lowest BCUT2D eigenvalue weighted by atomic mass is 9.90. The maximum atomic E-state index is 14.2. The number of carbonyl (C=O) groups excluding carboxylic acids is 4. The highest BCUT2D eigenvalue weighted by Crippen LogP contribution is 2.43. The highest BCUT2D eigenvalue weighted by molar-refractivity contribution is 6.35. The van der Waals surface area contributed by atoms with Gasteiger partial charge in [0.1, 0.15) is 12.4 Å². The number of carbonyl (C=O) groups is 4. The second-order valence-corrected chi connectivity index (χ2v) is 11.9. The number of ketones is 1. The van der Waals surface area contributed by atoms with Crippen LogP contribution in [0, 0.1) is 0 Å². The lowest BCUT2D eigenvalue weighted by Crippen LogP contribution is -2.32. The number of amides is 1. The molecule has 0 spiro atoms. The van der Waals surface area contributed by atoms with E-state index < -0.39 is 24.3 Å². The molecule has 0 radical (unpaired) electrons. The summed E-state index contributed by atoms with van der Waals surface area (Å²) in [7, 11) is 1.19. The smallest absolute Gasteiger partial charge is 0.409 e. The summed E-state index contributed by atoms with van der Waals surface area (Å²) < 4.78 is 21.1. The van der Waals surface area contributed by atoms with Crippen LogP contribution in [-0.2, 0) is 25.4 Å². The molecule has 1 unspecified atom stereocenters. The minimum atomic E-state index is -1.31. The van der Waals surface area contributed by atoms with Crippen LogP contribution in [0.15, 0.2) is 122 Å². The predicted octanol–water partition coefficient (Wildman–Crippen LogP) is 8.13. The summed E-state index contributed by atoms with van der Waals surface area (Å²) in [6.07, 6.45) is -0.0877. The Morgan fingerprint density at radius 1 is 0.824 bits per heavy atom. The molecule has 0 heterocycles. The topological polar surface area (TPSA) is 117 Å². The van der Waals surface area contributed by atoms with Crippen LogP contribution in [0.25, 0.3) is 22.3 Å². The lowest BCUT2D eigenvalue weighted by molar-refractivity contribution is -0.144. The van der Waals surface area contributed by atoms with Crippen LogP contribution >= 0.6 is 11.6 Å². The van der Waals surface area contributed by atoms with E-state index in [0.717, 1.165) is 27.8 Å². The van der Waals surface area contributed by atoms with Crippen molar-refractivity contribution in [1.82, 2.24) is 5.32 Å². The van der Waals surface area contributed by atoms with Gasteiger partial charge in [0.2, 0.25) is 6.23 Å². The van der Waals surface area contributed by atoms with Crippen molar-refractivity contribution in [1.29, 1.82) is 0 Å². The maximum absolute atomic E-state index is 14.2. The van der Waals surface area contributed by atoms with Crippen molar-refractivity contribution in [2.24, 2.45) is 0 Å². The Morgan fingerprint density at radius 2 is 1.51 bits per heavy atom. The number of hydrogen-bond donors (Lipinski definition) is 1. The number of benzene rings is 5. The second-order valence-electron chi connectivity index (χ2n) is 11.5. The number of fused-ring (bicyclic) bond motifs is 3. The number of alkyl carbamates (subject to hydrolysis) is 1. The van der Waals surface area contributed by atoms with Gasteiger partial charge in [-0.1, -0.05) is 97.1 Å². The van der Waals surface area contributed by atoms with Crippen molar-refractivity contribution in [3.63, 3.8) is 0 Å². The largest absolute Gasteiger partial charge is 0.482 e. The monoisotopic (exact) mass is 701 g/mol. The number of halogens is 1. The molecule has 1 aliphatic rings. The number of rotatable bonds is 12. The lowest BCUT2D eigenvalue weighted by Gasteiger charge is -2.21. The summed E-state index contributed by atoms with van der Waals surface area (Å²) in [5.41, 5.74) is 6.54. The highest BCUT2D eigenvalue weighted by atomic mass is 35.5. The molecule has 6 rings (SSSR count). The third-order valence-corrected chi connectivity index (χ3v) is 8.62. The Balaban J connectivity index is 1.37. The van der Waals surface area contributed by atoms with Gasteiger partial charge in [0.15, 0.2) is 12.4 Å². The minimum Gasteiger partial charge on any atom is -0.482 e. The fourth-order valence-electron chi connectivity index (χ4n) is 5.89. The van der Waals surface area contributed by atoms with E-state index in [4.69, 9.17) is 30.5 Å². The van der Waals surface area contributed by atoms with Gasteiger partial charge in [-0.05, 0) is 76.2 Å². The van der Waals surface area contributed by atoms with E-state index in [0.29, 0.717) is 28.9 Å². The molecule has 1 amide bonds. The van der Waals surface area contributed by atoms with E-state index >= 15 is 0 Å². The molecule has 0 aromatic heterocycles. The second kappa shape index (κ2) is 15.6. The normalized spacial score (nSPS) is 11.7. The Morgan fingerprint density at radius 3 is 2.24 bits per heavy atom. The van der Waals surface area contributed by atoms with Gasteiger partial charge in [-0.3, -0.25) is 10.1 Å². The summed E-state index contributed by atoms with van der Waals surface area (Å²) >= 11 is 6.76. The predicted molar refractivity (Wildman–Crippen MR) is 192 cm³/mol. The number of hydrogen-bond acceptors (Lipinski definition) is 8. The molecule has 9 nitrogen and oxygen atoms in total. The molecule has 51 heavy (non-hydrogen) atoms. The van der Waals surface area contributed by atoms with E-state index in [1.165, 1.54) is 19.3 Å². The minimum absolute atomic E-state index is 0.0565. The molecule has 0 fully saturated rings. The summed E-state index contributed by atoms with van der Waals surface area (Å²) in [5, 5.41) is 2.60. The fraction of sp³-hybridized carbons (Fsp3) is 0.122. The van der Waals surface area contributed by atoms with E-state index in [1.54, 1.807) is 54.6 Å². The van der Waals surface area contributed by atoms with E-state index in [9.17, 15) is 19.2 Å². The van der Waals surface area contributed by atoms with Gasteiger partial charge in [0.05, 0.1) is 17.7 Å². The third-order valence-electron chi connectivity index (χ3n) is 8.31. The summed E-state index contributed by atoms with van der Waals surface area (Å²) in [4.78, 5) is 52.2. The maximum Gasteiger partial charge on any atom is 0.409 e. The number of nitrogens with one attached hydrogen (secondary N) is 1. The molecule has 1 N–H and O–H groups in total. The average molecular weight is 702 g/mol. The Hall–Kier alpha value is -6.19. The Labute approximate surface area is 299 Å². The Kier molecular flexibility index (Phi) is 10.6. The highest BCUT2D eigenvalue weighted by Gasteiger charge is 2.28. The number of esters is 2. The van der Waals surface area contributed by atoms with Gasteiger partial charge in [0, 0.05) is 16.7 Å².